The van der Waals surface area contributed by atoms with Crippen LogP contribution in [0, 0.1) is 6.92 Å². The Bertz CT molecular complexity index is 1220. The predicted octanol–water partition coefficient (Wildman–Crippen LogP) is 4.95. The lowest BCUT2D eigenvalue weighted by molar-refractivity contribution is 0.0914. The van der Waals surface area contributed by atoms with E-state index in [9.17, 15) is 4.79 Å². The number of carbonyl (C=O) groups excluding carboxylic acids is 1. The summed E-state index contributed by atoms with van der Waals surface area (Å²) in [6.45, 7) is 8.69. The monoisotopic (exact) mass is 427 g/mol. The minimum Gasteiger partial charge on any atom is -0.381 e. The molecule has 164 valence electrons. The maximum atomic E-state index is 12.3. The van der Waals surface area contributed by atoms with Crippen molar-refractivity contribution in [2.45, 2.75) is 39.8 Å². The van der Waals surface area contributed by atoms with Gasteiger partial charge in [0.1, 0.15) is 5.65 Å². The van der Waals surface area contributed by atoms with E-state index >= 15 is 0 Å². The van der Waals surface area contributed by atoms with E-state index in [1.807, 2.05) is 57.4 Å². The van der Waals surface area contributed by atoms with Crippen molar-refractivity contribution < 1.29 is 4.79 Å². The van der Waals surface area contributed by atoms with Crippen LogP contribution < -0.4 is 16.2 Å². The van der Waals surface area contributed by atoms with Gasteiger partial charge < -0.3 is 9.72 Å². The van der Waals surface area contributed by atoms with Crippen molar-refractivity contribution >= 4 is 17.2 Å². The largest absolute Gasteiger partial charge is 0.381 e. The molecule has 0 radical (unpaired) electrons. The normalized spacial score (nSPS) is 11.5. The fourth-order valence-electron chi connectivity index (χ4n) is 3.39. The highest BCUT2D eigenvalue weighted by Gasteiger charge is 2.12. The van der Waals surface area contributed by atoms with E-state index in [0.717, 1.165) is 22.5 Å². The lowest BCUT2D eigenvalue weighted by Crippen LogP contribution is -2.48. The van der Waals surface area contributed by atoms with Crippen molar-refractivity contribution in [3.63, 3.8) is 0 Å². The molecule has 3 N–H and O–H groups in total. The van der Waals surface area contributed by atoms with Gasteiger partial charge in [-0.1, -0.05) is 29.8 Å². The smallest absolute Gasteiger partial charge is 0.265 e. The van der Waals surface area contributed by atoms with Gasteiger partial charge in [-0.15, -0.1) is 0 Å². The maximum Gasteiger partial charge on any atom is 0.265 e. The molecule has 32 heavy (non-hydrogen) atoms. The Balaban J connectivity index is 1.49. The van der Waals surface area contributed by atoms with E-state index in [4.69, 9.17) is 0 Å². The quantitative estimate of drug-likeness (QED) is 0.381. The van der Waals surface area contributed by atoms with Gasteiger partial charge in [-0.3, -0.25) is 10.2 Å². The maximum absolute atomic E-state index is 12.3. The standard InChI is InChI=1S/C26H29N5O/c1-18-5-7-19(8-6-18)22-15-21(24-27-13-14-31(24)17-22)16-28-23-11-9-20(10-12-23)25(32)29-30-26(2,3)4/h5-15,17,28,30H,16H2,1-4H3,(H,29,32). The van der Waals surface area contributed by atoms with E-state index in [1.165, 1.54) is 11.1 Å². The second-order valence-corrected chi connectivity index (χ2v) is 9.04. The SMILES string of the molecule is Cc1ccc(-c2cc(CNc3ccc(C(=O)NNC(C)(C)C)cc3)c3nccn3c2)cc1. The number of aromatic nitrogens is 2. The molecule has 0 saturated carbocycles. The zero-order valence-electron chi connectivity index (χ0n) is 18.9. The number of imidazole rings is 1. The Morgan fingerprint density at radius 3 is 2.41 bits per heavy atom. The molecule has 0 fully saturated rings. The van der Waals surface area contributed by atoms with E-state index in [1.54, 1.807) is 0 Å². The Morgan fingerprint density at radius 1 is 1.00 bits per heavy atom. The molecule has 1 amide bonds. The van der Waals surface area contributed by atoms with Crippen LogP contribution in [0.25, 0.3) is 16.8 Å². The molecule has 0 aliphatic rings. The number of nitrogens with one attached hydrogen (secondary N) is 3. The number of aryl methyl sites for hydroxylation is 1. The van der Waals surface area contributed by atoms with Gasteiger partial charge in [0.25, 0.3) is 5.91 Å². The second kappa shape index (κ2) is 8.85. The summed E-state index contributed by atoms with van der Waals surface area (Å²) < 4.78 is 2.06. The fraction of sp³-hybridized carbons (Fsp3) is 0.231. The molecule has 0 aliphatic heterocycles. The highest BCUT2D eigenvalue weighted by molar-refractivity contribution is 5.94. The molecule has 0 unspecified atom stereocenters. The van der Waals surface area contributed by atoms with Crippen molar-refractivity contribution in [2.24, 2.45) is 0 Å². The number of carbonyl (C=O) groups is 1. The summed E-state index contributed by atoms with van der Waals surface area (Å²) in [6, 6.07) is 18.2. The number of hydrogen-bond acceptors (Lipinski definition) is 4. The van der Waals surface area contributed by atoms with Crippen LogP contribution >= 0.6 is 0 Å². The van der Waals surface area contributed by atoms with Crippen molar-refractivity contribution in [1.29, 1.82) is 0 Å². The van der Waals surface area contributed by atoms with Crippen LogP contribution in [0.15, 0.2) is 73.2 Å². The molecular formula is C26H29N5O. The molecule has 0 aliphatic carbocycles. The molecule has 0 atom stereocenters. The number of benzene rings is 2. The molecule has 4 rings (SSSR count). The molecule has 6 nitrogen and oxygen atoms in total. The number of hydrogen-bond donors (Lipinski definition) is 3. The zero-order valence-corrected chi connectivity index (χ0v) is 18.9. The molecule has 0 bridgehead atoms. The summed E-state index contributed by atoms with van der Waals surface area (Å²) in [4.78, 5) is 16.8. The molecule has 4 aromatic rings. The number of amides is 1. The van der Waals surface area contributed by atoms with Gasteiger partial charge in [0.15, 0.2) is 0 Å². The van der Waals surface area contributed by atoms with Crippen molar-refractivity contribution in [2.75, 3.05) is 5.32 Å². The van der Waals surface area contributed by atoms with E-state index in [-0.39, 0.29) is 11.4 Å². The highest BCUT2D eigenvalue weighted by Crippen LogP contribution is 2.24. The average Bonchev–Trinajstić information content (AvgIpc) is 3.25. The first-order valence-electron chi connectivity index (χ1n) is 10.7. The van der Waals surface area contributed by atoms with Crippen LogP contribution in [0.4, 0.5) is 5.69 Å². The Kier molecular flexibility index (Phi) is 5.97. The first kappa shape index (κ1) is 21.6. The van der Waals surface area contributed by atoms with Crippen LogP contribution in [-0.2, 0) is 6.54 Å². The minimum atomic E-state index is -0.192. The topological polar surface area (TPSA) is 70.5 Å². The van der Waals surface area contributed by atoms with Crippen molar-refractivity contribution in [1.82, 2.24) is 20.2 Å². The third kappa shape index (κ3) is 5.15. The molecule has 2 aromatic carbocycles. The van der Waals surface area contributed by atoms with Gasteiger partial charge in [0, 0.05) is 47.5 Å². The molecule has 2 heterocycles. The summed E-state index contributed by atoms with van der Waals surface area (Å²) >= 11 is 0. The molecule has 2 aromatic heterocycles. The summed E-state index contributed by atoms with van der Waals surface area (Å²) in [5.41, 5.74) is 12.7. The molecular weight excluding hydrogens is 398 g/mol. The van der Waals surface area contributed by atoms with E-state index in [2.05, 4.69) is 69.0 Å². The van der Waals surface area contributed by atoms with Crippen LogP contribution in [0.5, 0.6) is 0 Å². The summed E-state index contributed by atoms with van der Waals surface area (Å²) in [6.07, 6.45) is 5.89. The van der Waals surface area contributed by atoms with Crippen molar-refractivity contribution in [3.8, 4) is 11.1 Å². The number of nitrogens with zero attached hydrogens (tertiary/aromatic N) is 2. The number of fused-ring (bicyclic) bond motifs is 1. The highest BCUT2D eigenvalue weighted by atomic mass is 16.2. The Morgan fingerprint density at radius 2 is 1.72 bits per heavy atom. The predicted molar refractivity (Wildman–Crippen MR) is 129 cm³/mol. The molecule has 0 spiro atoms. The van der Waals surface area contributed by atoms with Crippen LogP contribution in [0.2, 0.25) is 0 Å². The van der Waals surface area contributed by atoms with Gasteiger partial charge in [-0.25, -0.2) is 10.4 Å². The van der Waals surface area contributed by atoms with E-state index in [0.29, 0.717) is 12.1 Å². The fourth-order valence-corrected chi connectivity index (χ4v) is 3.39. The number of rotatable bonds is 6. The van der Waals surface area contributed by atoms with Gasteiger partial charge in [0.05, 0.1) is 0 Å². The summed E-state index contributed by atoms with van der Waals surface area (Å²) in [5.74, 6) is -0.156. The van der Waals surface area contributed by atoms with Crippen LogP contribution in [0.3, 0.4) is 0 Å². The second-order valence-electron chi connectivity index (χ2n) is 9.04. The van der Waals surface area contributed by atoms with Gasteiger partial charge in [-0.2, -0.15) is 0 Å². The average molecular weight is 428 g/mol. The number of anilines is 1. The first-order valence-corrected chi connectivity index (χ1v) is 10.7. The summed E-state index contributed by atoms with van der Waals surface area (Å²) in [7, 11) is 0. The number of pyridine rings is 1. The first-order chi connectivity index (χ1) is 15.3. The van der Waals surface area contributed by atoms with Crippen LogP contribution in [0.1, 0.15) is 42.3 Å². The third-order valence-electron chi connectivity index (χ3n) is 5.13. The van der Waals surface area contributed by atoms with Gasteiger partial charge >= 0.3 is 0 Å². The van der Waals surface area contributed by atoms with Gasteiger partial charge in [0.2, 0.25) is 0 Å². The van der Waals surface area contributed by atoms with Gasteiger partial charge in [-0.05, 0) is 69.2 Å². The van der Waals surface area contributed by atoms with Crippen LogP contribution in [-0.4, -0.2) is 20.8 Å². The zero-order chi connectivity index (χ0) is 22.7. The Labute approximate surface area is 188 Å². The third-order valence-corrected chi connectivity index (χ3v) is 5.13. The lowest BCUT2D eigenvalue weighted by atomic mass is 10.0. The molecule has 6 heteroatoms. The molecule has 0 saturated heterocycles. The summed E-state index contributed by atoms with van der Waals surface area (Å²) in [5, 5.41) is 3.45. The Hall–Kier alpha value is -3.64. The number of hydrazine groups is 1. The van der Waals surface area contributed by atoms with Crippen molar-refractivity contribution in [3.05, 3.63) is 89.9 Å². The minimum absolute atomic E-state index is 0.156. The lowest BCUT2D eigenvalue weighted by Gasteiger charge is -2.21. The van der Waals surface area contributed by atoms with E-state index < -0.39 is 0 Å².